The number of anilines is 6. The van der Waals surface area contributed by atoms with E-state index in [4.69, 9.17) is 11.5 Å². The van der Waals surface area contributed by atoms with Crippen molar-refractivity contribution in [2.75, 3.05) is 22.1 Å². The Hall–Kier alpha value is -4.38. The molecule has 0 aliphatic rings. The average Bonchev–Trinajstić information content (AvgIpc) is 2.85. The molecule has 2 aromatic heterocycles. The summed E-state index contributed by atoms with van der Waals surface area (Å²) in [5.41, 5.74) is 16.1. The Morgan fingerprint density at radius 1 is 0.703 bits per heavy atom. The molecule has 37 heavy (non-hydrogen) atoms. The van der Waals surface area contributed by atoms with Crippen LogP contribution in [0.3, 0.4) is 0 Å². The molecule has 0 radical (unpaired) electrons. The van der Waals surface area contributed by atoms with Gasteiger partial charge in [-0.1, -0.05) is 43.3 Å². The number of hydrogen-bond donors (Lipinski definition) is 5. The molecule has 0 amide bonds. The quantitative estimate of drug-likeness (QED) is 0.219. The van der Waals surface area contributed by atoms with Crippen molar-refractivity contribution in [3.8, 4) is 0 Å². The highest BCUT2D eigenvalue weighted by Crippen LogP contribution is 2.19. The average molecular weight is 501 g/mol. The maximum absolute atomic E-state index is 6.04. The zero-order valence-corrected chi connectivity index (χ0v) is 21.7. The maximum atomic E-state index is 6.04. The van der Waals surface area contributed by atoms with Crippen LogP contribution in [0.15, 0.2) is 48.5 Å². The lowest BCUT2D eigenvalue weighted by Gasteiger charge is -2.24. The number of nitrogens with two attached hydrogens (primary N) is 2. The van der Waals surface area contributed by atoms with Gasteiger partial charge >= 0.3 is 0 Å². The van der Waals surface area contributed by atoms with Crippen LogP contribution in [0.4, 0.5) is 35.2 Å². The van der Waals surface area contributed by atoms with E-state index < -0.39 is 0 Å². The maximum Gasteiger partial charge on any atom is 0.232 e. The Balaban J connectivity index is 1.55. The van der Waals surface area contributed by atoms with Gasteiger partial charge in [-0.2, -0.15) is 29.9 Å². The van der Waals surface area contributed by atoms with Gasteiger partial charge in [0.1, 0.15) is 13.1 Å². The number of aryl methyl sites for hydroxylation is 2. The minimum atomic E-state index is 0.165. The highest BCUT2D eigenvalue weighted by molar-refractivity contribution is 5.59. The first kappa shape index (κ1) is 25.7. The second-order valence-corrected chi connectivity index (χ2v) is 9.07. The first-order valence-corrected chi connectivity index (χ1v) is 12.3. The summed E-state index contributed by atoms with van der Waals surface area (Å²) in [7, 11) is 0. The first-order valence-electron chi connectivity index (χ1n) is 12.3. The monoisotopic (exact) mass is 500 g/mol. The lowest BCUT2D eigenvalue weighted by atomic mass is 10.2. The Morgan fingerprint density at radius 3 is 1.54 bits per heavy atom. The molecule has 2 aromatic carbocycles. The van der Waals surface area contributed by atoms with Crippen molar-refractivity contribution >= 4 is 35.2 Å². The van der Waals surface area contributed by atoms with E-state index in [9.17, 15) is 0 Å². The van der Waals surface area contributed by atoms with E-state index in [1.165, 1.54) is 4.90 Å². The highest BCUT2D eigenvalue weighted by atomic mass is 15.3. The van der Waals surface area contributed by atoms with Crippen molar-refractivity contribution in [2.24, 2.45) is 0 Å². The molecule has 0 saturated carbocycles. The Morgan fingerprint density at radius 2 is 1.14 bits per heavy atom. The largest absolute Gasteiger partial charge is 0.368 e. The third-order valence-corrected chi connectivity index (χ3v) is 6.26. The molecule has 1 atom stereocenters. The molecule has 192 valence electrons. The fourth-order valence-corrected chi connectivity index (χ4v) is 3.92. The van der Waals surface area contributed by atoms with Crippen LogP contribution in [0, 0.1) is 13.8 Å². The van der Waals surface area contributed by atoms with Crippen LogP contribution in [0.5, 0.6) is 0 Å². The normalized spacial score (nSPS) is 11.9. The van der Waals surface area contributed by atoms with E-state index >= 15 is 0 Å². The second kappa shape index (κ2) is 11.6. The van der Waals surface area contributed by atoms with E-state index in [1.807, 2.05) is 62.4 Å². The Kier molecular flexibility index (Phi) is 8.04. The van der Waals surface area contributed by atoms with Crippen LogP contribution < -0.4 is 27.0 Å². The first-order chi connectivity index (χ1) is 17.8. The Bertz CT molecular complexity index is 1260. The molecular formula is C26H34N11+. The topological polar surface area (TPSA) is 158 Å². The zero-order valence-electron chi connectivity index (χ0n) is 21.7. The zero-order chi connectivity index (χ0) is 26.4. The van der Waals surface area contributed by atoms with Crippen molar-refractivity contribution < 1.29 is 4.90 Å². The van der Waals surface area contributed by atoms with Crippen molar-refractivity contribution in [3.05, 3.63) is 71.3 Å². The van der Waals surface area contributed by atoms with Gasteiger partial charge in [-0.15, -0.1) is 0 Å². The Labute approximate surface area is 216 Å². The number of nitrogens with one attached hydrogen (secondary N) is 3. The molecule has 4 aromatic rings. The molecule has 0 bridgehead atoms. The molecule has 2 heterocycles. The van der Waals surface area contributed by atoms with Gasteiger partial charge in [-0.3, -0.25) is 0 Å². The summed E-state index contributed by atoms with van der Waals surface area (Å²) < 4.78 is 0. The van der Waals surface area contributed by atoms with E-state index in [-0.39, 0.29) is 17.9 Å². The van der Waals surface area contributed by atoms with Crippen LogP contribution in [0.25, 0.3) is 0 Å². The van der Waals surface area contributed by atoms with Gasteiger partial charge < -0.3 is 27.0 Å². The van der Waals surface area contributed by atoms with E-state index in [0.29, 0.717) is 36.6 Å². The van der Waals surface area contributed by atoms with Crippen molar-refractivity contribution in [1.82, 2.24) is 29.9 Å². The molecule has 7 N–H and O–H groups in total. The number of nitrogen functional groups attached to an aromatic ring is 2. The van der Waals surface area contributed by atoms with E-state index in [0.717, 1.165) is 28.9 Å². The predicted octanol–water partition coefficient (Wildman–Crippen LogP) is 2.71. The molecule has 11 heteroatoms. The van der Waals surface area contributed by atoms with Crippen LogP contribution in [-0.4, -0.2) is 35.9 Å². The van der Waals surface area contributed by atoms with Crippen LogP contribution in [0.2, 0.25) is 0 Å². The fraction of sp³-hybridized carbons (Fsp3) is 0.308. The summed E-state index contributed by atoms with van der Waals surface area (Å²) in [6.07, 6.45) is 0.944. The number of para-hydroxylation sites is 2. The second-order valence-electron chi connectivity index (χ2n) is 9.07. The van der Waals surface area contributed by atoms with Crippen molar-refractivity contribution in [3.63, 3.8) is 0 Å². The summed E-state index contributed by atoms with van der Waals surface area (Å²) in [6, 6.07) is 16.1. The molecule has 0 unspecified atom stereocenters. The van der Waals surface area contributed by atoms with Gasteiger partial charge in [0.15, 0.2) is 11.6 Å². The number of nitrogens with zero attached hydrogens (tertiary/aromatic N) is 6. The highest BCUT2D eigenvalue weighted by Gasteiger charge is 2.22. The van der Waals surface area contributed by atoms with Crippen LogP contribution >= 0.6 is 0 Å². The lowest BCUT2D eigenvalue weighted by Crippen LogP contribution is -3.13. The minimum Gasteiger partial charge on any atom is -0.368 e. The van der Waals surface area contributed by atoms with Gasteiger partial charge in [-0.05, 0) is 50.5 Å². The molecule has 0 aliphatic heterocycles. The number of hydrogen-bond acceptors (Lipinski definition) is 10. The smallest absolute Gasteiger partial charge is 0.232 e. The van der Waals surface area contributed by atoms with Gasteiger partial charge in [0.05, 0.1) is 6.04 Å². The van der Waals surface area contributed by atoms with Gasteiger partial charge in [0, 0.05) is 11.4 Å². The molecule has 4 rings (SSSR count). The van der Waals surface area contributed by atoms with Crippen molar-refractivity contribution in [1.29, 1.82) is 0 Å². The number of quaternary nitrogens is 1. The number of aromatic nitrogens is 6. The summed E-state index contributed by atoms with van der Waals surface area (Å²) in [6.45, 7) is 9.37. The van der Waals surface area contributed by atoms with Crippen LogP contribution in [0.1, 0.15) is 43.0 Å². The van der Waals surface area contributed by atoms with Crippen molar-refractivity contribution in [2.45, 2.75) is 53.2 Å². The third-order valence-electron chi connectivity index (χ3n) is 6.26. The fourth-order valence-electron chi connectivity index (χ4n) is 3.92. The van der Waals surface area contributed by atoms with Gasteiger partial charge in [0.25, 0.3) is 0 Å². The van der Waals surface area contributed by atoms with Crippen LogP contribution in [-0.2, 0) is 13.1 Å². The molecule has 11 nitrogen and oxygen atoms in total. The third kappa shape index (κ3) is 6.85. The number of benzene rings is 2. The molecule has 0 aliphatic carbocycles. The standard InChI is InChI=1S/C26H33N11/c1-5-18(4)37(14-21-31-23(27)35-25(33-21)29-19-12-8-6-10-16(19)2)15-22-32-24(28)36-26(34-22)30-20-13-9-7-11-17(20)3/h6-13,18H,5,14-15H2,1-4H3,(H3,27,29,31,33,35)(H3,28,30,32,34,36)/p+1/t18-/m0/s1. The number of rotatable bonds is 10. The summed E-state index contributed by atoms with van der Waals surface area (Å²) in [5, 5.41) is 6.51. The lowest BCUT2D eigenvalue weighted by molar-refractivity contribution is -0.951. The summed E-state index contributed by atoms with van der Waals surface area (Å²) in [4.78, 5) is 27.8. The minimum absolute atomic E-state index is 0.165. The molecule has 0 saturated heterocycles. The van der Waals surface area contributed by atoms with Gasteiger partial charge in [-0.25, -0.2) is 0 Å². The van der Waals surface area contributed by atoms with E-state index in [1.54, 1.807) is 0 Å². The predicted molar refractivity (Wildman–Crippen MR) is 146 cm³/mol. The SMILES string of the molecule is CC[C@H](C)[NH+](Cc1nc(N)nc(Nc2ccccc2C)n1)Cc1nc(N)nc(Nc2ccccc2C)n1. The molecular weight excluding hydrogens is 466 g/mol. The van der Waals surface area contributed by atoms with E-state index in [2.05, 4.69) is 54.4 Å². The van der Waals surface area contributed by atoms with Gasteiger partial charge in [0.2, 0.25) is 23.8 Å². The molecule has 0 spiro atoms. The summed E-state index contributed by atoms with van der Waals surface area (Å²) in [5.74, 6) is 2.32. The molecule has 0 fully saturated rings. The summed E-state index contributed by atoms with van der Waals surface area (Å²) >= 11 is 0.